The van der Waals surface area contributed by atoms with Gasteiger partial charge in [0.2, 0.25) is 5.91 Å². The number of hydrogen-bond donors (Lipinski definition) is 1. The van der Waals surface area contributed by atoms with Crippen LogP contribution in [0.2, 0.25) is 5.02 Å². The monoisotopic (exact) mass is 512 g/mol. The van der Waals surface area contributed by atoms with Gasteiger partial charge in [-0.3, -0.25) is 4.79 Å². The van der Waals surface area contributed by atoms with Crippen molar-refractivity contribution in [1.82, 2.24) is 5.43 Å². The van der Waals surface area contributed by atoms with E-state index in [0.717, 1.165) is 18.4 Å². The van der Waals surface area contributed by atoms with Gasteiger partial charge in [0.25, 0.3) is 0 Å². The average Bonchev–Trinajstić information content (AvgIpc) is 2.88. The molecule has 1 N–H and O–H groups in total. The molecule has 0 bridgehead atoms. The number of ether oxygens (including phenoxy) is 1. The van der Waals surface area contributed by atoms with Gasteiger partial charge < -0.3 is 4.74 Å². The van der Waals surface area contributed by atoms with Gasteiger partial charge in [-0.2, -0.15) is 5.10 Å². The highest BCUT2D eigenvalue weighted by Gasteiger charge is 2.08. The summed E-state index contributed by atoms with van der Waals surface area (Å²) in [4.78, 5) is 24.1. The van der Waals surface area contributed by atoms with E-state index in [-0.39, 0.29) is 5.91 Å². The van der Waals surface area contributed by atoms with Crippen LogP contribution < -0.4 is 10.2 Å². The molecule has 0 atom stereocenters. The van der Waals surface area contributed by atoms with Crippen molar-refractivity contribution in [3.05, 3.63) is 64.7 Å². The van der Waals surface area contributed by atoms with Crippen LogP contribution in [0.1, 0.15) is 113 Å². The fourth-order valence-electron chi connectivity index (χ4n) is 3.91. The number of benzene rings is 2. The minimum atomic E-state index is -0.450. The van der Waals surface area contributed by atoms with E-state index < -0.39 is 5.97 Å². The first-order valence-electron chi connectivity index (χ1n) is 13.5. The molecule has 2 aromatic carbocycles. The highest BCUT2D eigenvalue weighted by molar-refractivity contribution is 6.30. The summed E-state index contributed by atoms with van der Waals surface area (Å²) < 4.78 is 5.35. The van der Waals surface area contributed by atoms with Crippen LogP contribution in [-0.2, 0) is 4.79 Å². The minimum absolute atomic E-state index is 0.0668. The number of carbonyl (C=O) groups is 2. The molecule has 0 fully saturated rings. The van der Waals surface area contributed by atoms with E-state index in [1.54, 1.807) is 54.7 Å². The molecule has 196 valence electrons. The summed E-state index contributed by atoms with van der Waals surface area (Å²) in [5.41, 5.74) is 3.80. The predicted octanol–water partition coefficient (Wildman–Crippen LogP) is 8.49. The highest BCUT2D eigenvalue weighted by Crippen LogP contribution is 2.16. The Bertz CT molecular complexity index is 911. The summed E-state index contributed by atoms with van der Waals surface area (Å²) in [5.74, 6) is -0.0881. The Labute approximate surface area is 221 Å². The summed E-state index contributed by atoms with van der Waals surface area (Å²) in [6.07, 6.45) is 18.8. The molecule has 0 spiro atoms. The molecule has 6 heteroatoms. The van der Waals surface area contributed by atoms with Crippen LogP contribution in [0.4, 0.5) is 0 Å². The maximum absolute atomic E-state index is 12.2. The lowest BCUT2D eigenvalue weighted by Crippen LogP contribution is -2.16. The molecule has 0 heterocycles. The number of esters is 1. The molecule has 0 aromatic heterocycles. The molecule has 2 aromatic rings. The number of nitrogens with zero attached hydrogens (tertiary/aromatic N) is 1. The number of carbonyl (C=O) groups excluding carboxylic acids is 2. The van der Waals surface area contributed by atoms with Gasteiger partial charge >= 0.3 is 5.97 Å². The third-order valence-corrected chi connectivity index (χ3v) is 6.33. The second-order valence-electron chi connectivity index (χ2n) is 9.25. The van der Waals surface area contributed by atoms with Crippen molar-refractivity contribution in [2.75, 3.05) is 0 Å². The minimum Gasteiger partial charge on any atom is -0.423 e. The maximum atomic E-state index is 12.2. The molecule has 0 aliphatic carbocycles. The van der Waals surface area contributed by atoms with E-state index in [0.29, 0.717) is 22.8 Å². The van der Waals surface area contributed by atoms with E-state index in [9.17, 15) is 9.59 Å². The first kappa shape index (κ1) is 29.6. The molecular weight excluding hydrogens is 472 g/mol. The van der Waals surface area contributed by atoms with E-state index >= 15 is 0 Å². The number of nitrogens with one attached hydrogen (secondary N) is 1. The summed E-state index contributed by atoms with van der Waals surface area (Å²) in [5, 5.41) is 4.59. The number of rotatable bonds is 18. The van der Waals surface area contributed by atoms with Gasteiger partial charge in [0.15, 0.2) is 0 Å². The van der Waals surface area contributed by atoms with Gasteiger partial charge in [-0.05, 0) is 60.5 Å². The van der Waals surface area contributed by atoms with Crippen molar-refractivity contribution in [1.29, 1.82) is 0 Å². The first-order chi connectivity index (χ1) is 17.6. The normalized spacial score (nSPS) is 11.1. The molecule has 0 saturated carbocycles. The molecule has 0 unspecified atom stereocenters. The predicted molar refractivity (Wildman–Crippen MR) is 149 cm³/mol. The Kier molecular flexibility index (Phi) is 15.3. The highest BCUT2D eigenvalue weighted by atomic mass is 35.5. The van der Waals surface area contributed by atoms with Gasteiger partial charge in [-0.1, -0.05) is 95.6 Å². The Hall–Kier alpha value is -2.66. The summed E-state index contributed by atoms with van der Waals surface area (Å²) in [6, 6.07) is 13.4. The first-order valence-corrected chi connectivity index (χ1v) is 13.9. The van der Waals surface area contributed by atoms with Crippen LogP contribution in [0.3, 0.4) is 0 Å². The number of amides is 1. The van der Waals surface area contributed by atoms with Crippen molar-refractivity contribution in [3.63, 3.8) is 0 Å². The number of halogens is 1. The van der Waals surface area contributed by atoms with Crippen LogP contribution in [0.25, 0.3) is 0 Å². The molecule has 1 amide bonds. The zero-order chi connectivity index (χ0) is 25.8. The fourth-order valence-corrected chi connectivity index (χ4v) is 4.04. The van der Waals surface area contributed by atoms with Gasteiger partial charge in [-0.25, -0.2) is 10.2 Å². The number of hydrogen-bond acceptors (Lipinski definition) is 4. The quantitative estimate of drug-likeness (QED) is 0.0715. The van der Waals surface area contributed by atoms with Crippen LogP contribution >= 0.6 is 11.6 Å². The third kappa shape index (κ3) is 13.4. The van der Waals surface area contributed by atoms with Gasteiger partial charge in [-0.15, -0.1) is 0 Å². The van der Waals surface area contributed by atoms with Crippen molar-refractivity contribution < 1.29 is 14.3 Å². The molecule has 2 rings (SSSR count). The maximum Gasteiger partial charge on any atom is 0.343 e. The SMILES string of the molecule is CCCCCCCCCCCCCCCC(=O)NN=Cc1ccc(OC(=O)c2ccc(Cl)cc2)cc1. The summed E-state index contributed by atoms with van der Waals surface area (Å²) in [7, 11) is 0. The standard InChI is InChI=1S/C30H41ClN2O3/c1-2-3-4-5-6-7-8-9-10-11-12-13-14-15-29(34)33-32-24-25-16-22-28(23-17-25)36-30(35)26-18-20-27(31)21-19-26/h16-24H,2-15H2,1H3,(H,33,34). The Balaban J connectivity index is 1.50. The molecular formula is C30H41ClN2O3. The number of unbranched alkanes of at least 4 members (excludes halogenated alkanes) is 12. The van der Waals surface area contributed by atoms with Crippen LogP contribution in [-0.4, -0.2) is 18.1 Å². The van der Waals surface area contributed by atoms with Crippen LogP contribution in [0.15, 0.2) is 53.6 Å². The zero-order valence-electron chi connectivity index (χ0n) is 21.6. The number of hydrazone groups is 1. The van der Waals surface area contributed by atoms with E-state index in [1.807, 2.05) is 0 Å². The third-order valence-electron chi connectivity index (χ3n) is 6.08. The lowest BCUT2D eigenvalue weighted by atomic mass is 10.0. The van der Waals surface area contributed by atoms with Crippen molar-refractivity contribution in [3.8, 4) is 5.75 Å². The molecule has 0 aliphatic rings. The second kappa shape index (κ2) is 18.6. The van der Waals surface area contributed by atoms with Crippen molar-refractivity contribution in [2.45, 2.75) is 96.8 Å². The molecule has 5 nitrogen and oxygen atoms in total. The summed E-state index contributed by atoms with van der Waals surface area (Å²) >= 11 is 5.84. The van der Waals surface area contributed by atoms with Gasteiger partial charge in [0, 0.05) is 11.4 Å². The Morgan fingerprint density at radius 3 is 1.86 bits per heavy atom. The van der Waals surface area contributed by atoms with Crippen molar-refractivity contribution in [2.24, 2.45) is 5.10 Å². The topological polar surface area (TPSA) is 67.8 Å². The second-order valence-corrected chi connectivity index (χ2v) is 9.69. The largest absolute Gasteiger partial charge is 0.423 e. The van der Waals surface area contributed by atoms with Crippen LogP contribution in [0, 0.1) is 0 Å². The Morgan fingerprint density at radius 1 is 0.778 bits per heavy atom. The Morgan fingerprint density at radius 2 is 1.31 bits per heavy atom. The van der Waals surface area contributed by atoms with Crippen LogP contribution in [0.5, 0.6) is 5.75 Å². The smallest absolute Gasteiger partial charge is 0.343 e. The lowest BCUT2D eigenvalue weighted by Gasteiger charge is -2.05. The molecule has 0 saturated heterocycles. The lowest BCUT2D eigenvalue weighted by molar-refractivity contribution is -0.121. The molecule has 0 aliphatic heterocycles. The van der Waals surface area contributed by atoms with E-state index in [2.05, 4.69) is 17.5 Å². The van der Waals surface area contributed by atoms with E-state index in [1.165, 1.54) is 70.6 Å². The van der Waals surface area contributed by atoms with Gasteiger partial charge in [0.05, 0.1) is 11.8 Å². The van der Waals surface area contributed by atoms with E-state index in [4.69, 9.17) is 16.3 Å². The molecule has 0 radical (unpaired) electrons. The summed E-state index contributed by atoms with van der Waals surface area (Å²) in [6.45, 7) is 2.26. The fraction of sp³-hybridized carbons (Fsp3) is 0.500. The average molecular weight is 513 g/mol. The molecule has 36 heavy (non-hydrogen) atoms. The zero-order valence-corrected chi connectivity index (χ0v) is 22.4. The van der Waals surface area contributed by atoms with Crippen molar-refractivity contribution >= 4 is 29.7 Å². The van der Waals surface area contributed by atoms with Gasteiger partial charge in [0.1, 0.15) is 5.75 Å².